The second-order valence-electron chi connectivity index (χ2n) is 3.01. The van der Waals surface area contributed by atoms with Gasteiger partial charge < -0.3 is 10.4 Å². The van der Waals surface area contributed by atoms with E-state index in [1.54, 1.807) is 13.8 Å². The Bertz CT molecular complexity index is 376. The molecule has 7 nitrogen and oxygen atoms in total. The highest BCUT2D eigenvalue weighted by Crippen LogP contribution is 2.16. The highest BCUT2D eigenvalue weighted by atomic mass is 32.1. The lowest BCUT2D eigenvalue weighted by molar-refractivity contribution is 0.0691. The molecular formula is C7H10N4O3S. The molecule has 15 heavy (non-hydrogen) atoms. The SMILES string of the molecule is CC(C)NC(=O)Nc1snnc1C(=O)O. The number of amides is 2. The average molecular weight is 230 g/mol. The fraction of sp³-hybridized carbons (Fsp3) is 0.429. The molecule has 3 N–H and O–H groups in total. The van der Waals surface area contributed by atoms with Crippen molar-refractivity contribution in [2.75, 3.05) is 5.32 Å². The predicted octanol–water partition coefficient (Wildman–Crippen LogP) is 0.766. The Morgan fingerprint density at radius 2 is 2.13 bits per heavy atom. The molecule has 0 aliphatic heterocycles. The highest BCUT2D eigenvalue weighted by Gasteiger charge is 2.17. The maximum atomic E-state index is 11.2. The summed E-state index contributed by atoms with van der Waals surface area (Å²) in [6.45, 7) is 3.59. The third-order valence-electron chi connectivity index (χ3n) is 1.34. The number of carboxylic acid groups (broad SMARTS) is 1. The van der Waals surface area contributed by atoms with Crippen LogP contribution in [-0.2, 0) is 0 Å². The maximum Gasteiger partial charge on any atom is 0.359 e. The molecule has 1 aromatic heterocycles. The fourth-order valence-electron chi connectivity index (χ4n) is 0.814. The molecule has 0 aromatic carbocycles. The topological polar surface area (TPSA) is 104 Å². The molecule has 2 amide bonds. The van der Waals surface area contributed by atoms with E-state index in [2.05, 4.69) is 20.2 Å². The zero-order valence-electron chi connectivity index (χ0n) is 8.14. The Morgan fingerprint density at radius 3 is 2.67 bits per heavy atom. The van der Waals surface area contributed by atoms with E-state index >= 15 is 0 Å². The van der Waals surface area contributed by atoms with E-state index in [1.165, 1.54) is 0 Å². The molecular weight excluding hydrogens is 220 g/mol. The van der Waals surface area contributed by atoms with Crippen molar-refractivity contribution in [3.8, 4) is 0 Å². The number of rotatable bonds is 3. The van der Waals surface area contributed by atoms with Crippen molar-refractivity contribution >= 4 is 28.5 Å². The summed E-state index contributed by atoms with van der Waals surface area (Å²) in [7, 11) is 0. The minimum Gasteiger partial charge on any atom is -0.476 e. The fourth-order valence-corrected chi connectivity index (χ4v) is 1.37. The minimum atomic E-state index is -1.22. The number of aromatic nitrogens is 2. The average Bonchev–Trinajstić information content (AvgIpc) is 2.50. The Hall–Kier alpha value is -1.70. The van der Waals surface area contributed by atoms with Crippen molar-refractivity contribution in [1.29, 1.82) is 0 Å². The summed E-state index contributed by atoms with van der Waals surface area (Å²) >= 11 is 0.819. The first-order valence-corrected chi connectivity index (χ1v) is 4.91. The molecule has 0 spiro atoms. The Morgan fingerprint density at radius 1 is 1.47 bits per heavy atom. The number of hydrogen-bond donors (Lipinski definition) is 3. The lowest BCUT2D eigenvalue weighted by Gasteiger charge is -2.08. The first kappa shape index (κ1) is 11.4. The molecule has 1 heterocycles. The monoisotopic (exact) mass is 230 g/mol. The van der Waals surface area contributed by atoms with Crippen LogP contribution in [0.3, 0.4) is 0 Å². The molecule has 1 aromatic rings. The second kappa shape index (κ2) is 4.69. The minimum absolute atomic E-state index is 0.0286. The predicted molar refractivity (Wildman–Crippen MR) is 54.2 cm³/mol. The van der Waals surface area contributed by atoms with E-state index in [0.29, 0.717) is 0 Å². The second-order valence-corrected chi connectivity index (χ2v) is 3.76. The maximum absolute atomic E-state index is 11.2. The van der Waals surface area contributed by atoms with Crippen LogP contribution in [-0.4, -0.2) is 32.7 Å². The van der Waals surface area contributed by atoms with Gasteiger partial charge in [-0.1, -0.05) is 4.49 Å². The van der Waals surface area contributed by atoms with Crippen LogP contribution in [0.2, 0.25) is 0 Å². The van der Waals surface area contributed by atoms with E-state index in [9.17, 15) is 9.59 Å². The van der Waals surface area contributed by atoms with Crippen LogP contribution < -0.4 is 10.6 Å². The first-order valence-electron chi connectivity index (χ1n) is 4.14. The van der Waals surface area contributed by atoms with Gasteiger partial charge in [0.2, 0.25) is 5.69 Å². The summed E-state index contributed by atoms with van der Waals surface area (Å²) in [5.74, 6) is -1.22. The number of carbonyl (C=O) groups is 2. The molecule has 0 fully saturated rings. The lowest BCUT2D eigenvalue weighted by atomic mass is 10.4. The van der Waals surface area contributed by atoms with Crippen LogP contribution >= 0.6 is 11.5 Å². The van der Waals surface area contributed by atoms with Gasteiger partial charge >= 0.3 is 12.0 Å². The third-order valence-corrected chi connectivity index (χ3v) is 1.98. The zero-order chi connectivity index (χ0) is 11.4. The van der Waals surface area contributed by atoms with Crippen LogP contribution in [0, 0.1) is 0 Å². The third kappa shape index (κ3) is 3.17. The van der Waals surface area contributed by atoms with Gasteiger partial charge in [-0.25, -0.2) is 9.59 Å². The smallest absolute Gasteiger partial charge is 0.359 e. The largest absolute Gasteiger partial charge is 0.476 e. The molecule has 0 unspecified atom stereocenters. The molecule has 0 aliphatic rings. The Labute approximate surface area is 89.7 Å². The van der Waals surface area contributed by atoms with Gasteiger partial charge in [-0.2, -0.15) is 0 Å². The van der Waals surface area contributed by atoms with Crippen LogP contribution in [0.25, 0.3) is 0 Å². The Kier molecular flexibility index (Phi) is 3.56. The van der Waals surface area contributed by atoms with Crippen molar-refractivity contribution in [2.24, 2.45) is 0 Å². The number of carbonyl (C=O) groups excluding carboxylic acids is 1. The van der Waals surface area contributed by atoms with Gasteiger partial charge in [-0.05, 0) is 13.8 Å². The van der Waals surface area contributed by atoms with E-state index in [-0.39, 0.29) is 16.7 Å². The van der Waals surface area contributed by atoms with Crippen molar-refractivity contribution in [2.45, 2.75) is 19.9 Å². The van der Waals surface area contributed by atoms with Gasteiger partial charge in [0.15, 0.2) is 5.00 Å². The van der Waals surface area contributed by atoms with Crippen molar-refractivity contribution in [1.82, 2.24) is 14.9 Å². The molecule has 0 radical (unpaired) electrons. The molecule has 8 heteroatoms. The highest BCUT2D eigenvalue weighted by molar-refractivity contribution is 7.10. The molecule has 0 aliphatic carbocycles. The quantitative estimate of drug-likeness (QED) is 0.711. The van der Waals surface area contributed by atoms with Crippen LogP contribution in [0.1, 0.15) is 24.3 Å². The number of urea groups is 1. The first-order chi connectivity index (χ1) is 7.00. The summed E-state index contributed by atoms with van der Waals surface area (Å²) < 4.78 is 3.44. The zero-order valence-corrected chi connectivity index (χ0v) is 8.96. The van der Waals surface area contributed by atoms with E-state index < -0.39 is 12.0 Å². The summed E-state index contributed by atoms with van der Waals surface area (Å²) in [5, 5.41) is 17.1. The lowest BCUT2D eigenvalue weighted by Crippen LogP contribution is -2.34. The van der Waals surface area contributed by atoms with Crippen molar-refractivity contribution in [3.05, 3.63) is 5.69 Å². The van der Waals surface area contributed by atoms with Crippen LogP contribution in [0.5, 0.6) is 0 Å². The van der Waals surface area contributed by atoms with E-state index in [1.807, 2.05) is 0 Å². The van der Waals surface area contributed by atoms with Gasteiger partial charge in [0.05, 0.1) is 0 Å². The number of nitrogens with one attached hydrogen (secondary N) is 2. The standard InChI is InChI=1S/C7H10N4O3S/c1-3(2)8-7(14)9-5-4(6(12)13)10-11-15-5/h3H,1-2H3,(H,12,13)(H2,8,9,14). The normalized spacial score (nSPS) is 10.1. The van der Waals surface area contributed by atoms with Gasteiger partial charge in [0.1, 0.15) is 0 Å². The number of hydrogen-bond acceptors (Lipinski definition) is 5. The molecule has 0 saturated heterocycles. The van der Waals surface area contributed by atoms with Crippen molar-refractivity contribution in [3.63, 3.8) is 0 Å². The Balaban J connectivity index is 2.68. The summed E-state index contributed by atoms with van der Waals surface area (Å²) in [4.78, 5) is 21.9. The molecule has 0 bridgehead atoms. The van der Waals surface area contributed by atoms with Gasteiger partial charge in [-0.15, -0.1) is 5.10 Å². The van der Waals surface area contributed by atoms with Gasteiger partial charge in [0.25, 0.3) is 0 Å². The number of aromatic carboxylic acids is 1. The van der Waals surface area contributed by atoms with E-state index in [4.69, 9.17) is 5.11 Å². The summed E-state index contributed by atoms with van der Waals surface area (Å²) in [5.41, 5.74) is -0.251. The molecule has 82 valence electrons. The number of carboxylic acids is 1. The van der Waals surface area contributed by atoms with Gasteiger partial charge in [-0.3, -0.25) is 5.32 Å². The summed E-state index contributed by atoms with van der Waals surface area (Å²) in [6, 6.07) is -0.502. The van der Waals surface area contributed by atoms with E-state index in [0.717, 1.165) is 11.5 Å². The molecule has 1 rings (SSSR count). The summed E-state index contributed by atoms with van der Waals surface area (Å²) in [6.07, 6.45) is 0. The number of nitrogens with zero attached hydrogens (tertiary/aromatic N) is 2. The number of anilines is 1. The molecule has 0 atom stereocenters. The van der Waals surface area contributed by atoms with Crippen LogP contribution in [0.15, 0.2) is 0 Å². The van der Waals surface area contributed by atoms with Gasteiger partial charge in [0, 0.05) is 17.6 Å². The van der Waals surface area contributed by atoms with Crippen molar-refractivity contribution < 1.29 is 14.7 Å². The molecule has 0 saturated carbocycles. The van der Waals surface area contributed by atoms with Crippen LogP contribution in [0.4, 0.5) is 9.80 Å².